The predicted molar refractivity (Wildman–Crippen MR) is 77.3 cm³/mol. The molecule has 100 valence electrons. The highest BCUT2D eigenvalue weighted by Crippen LogP contribution is 2.22. The van der Waals surface area contributed by atoms with E-state index in [2.05, 4.69) is 11.8 Å². The van der Waals surface area contributed by atoms with Crippen molar-refractivity contribution in [1.82, 2.24) is 0 Å². The molecule has 0 radical (unpaired) electrons. The van der Waals surface area contributed by atoms with E-state index in [-0.39, 0.29) is 6.79 Å². The molecular weight excluding hydrogens is 252 g/mol. The van der Waals surface area contributed by atoms with E-state index in [4.69, 9.17) is 9.47 Å². The Morgan fingerprint density at radius 3 is 2.15 bits per heavy atom. The topological polar surface area (TPSA) is 35.5 Å². The Morgan fingerprint density at radius 2 is 1.60 bits per heavy atom. The Hall–Kier alpha value is -2.57. The van der Waals surface area contributed by atoms with Gasteiger partial charge >= 0.3 is 0 Å². The van der Waals surface area contributed by atoms with Crippen molar-refractivity contribution in [2.45, 2.75) is 0 Å². The summed E-state index contributed by atoms with van der Waals surface area (Å²) >= 11 is 0. The monoisotopic (exact) mass is 266 g/mol. The average Bonchev–Trinajstić information content (AvgIpc) is 2.52. The van der Waals surface area contributed by atoms with E-state index in [0.717, 1.165) is 22.4 Å². The average molecular weight is 266 g/mol. The van der Waals surface area contributed by atoms with Gasteiger partial charge in [-0.1, -0.05) is 30.2 Å². The molecule has 0 fully saturated rings. The summed E-state index contributed by atoms with van der Waals surface area (Å²) in [5.74, 6) is 5.91. The molecular formula is C17H14O3. The third-order valence-corrected chi connectivity index (χ3v) is 2.69. The van der Waals surface area contributed by atoms with Crippen LogP contribution in [-0.4, -0.2) is 20.2 Å². The van der Waals surface area contributed by atoms with Gasteiger partial charge in [-0.15, -0.1) is 0 Å². The summed E-state index contributed by atoms with van der Waals surface area (Å²) in [6, 6.07) is 15.5. The Balaban J connectivity index is 2.13. The molecule has 0 N–H and O–H groups in total. The number of hydrogen-bond donors (Lipinski definition) is 0. The third-order valence-electron chi connectivity index (χ3n) is 2.69. The van der Waals surface area contributed by atoms with E-state index in [1.807, 2.05) is 48.5 Å². The highest BCUT2D eigenvalue weighted by atomic mass is 16.7. The van der Waals surface area contributed by atoms with Gasteiger partial charge in [-0.25, -0.2) is 0 Å². The molecule has 0 saturated heterocycles. The van der Waals surface area contributed by atoms with Gasteiger partial charge in [0.25, 0.3) is 0 Å². The molecule has 0 unspecified atom stereocenters. The van der Waals surface area contributed by atoms with E-state index in [0.29, 0.717) is 6.29 Å². The minimum Gasteiger partial charge on any atom is -0.468 e. The van der Waals surface area contributed by atoms with E-state index >= 15 is 0 Å². The van der Waals surface area contributed by atoms with Crippen LogP contribution in [0.4, 0.5) is 0 Å². The van der Waals surface area contributed by atoms with Crippen LogP contribution in [0.3, 0.4) is 0 Å². The van der Waals surface area contributed by atoms with Crippen molar-refractivity contribution in [2.24, 2.45) is 0 Å². The summed E-state index contributed by atoms with van der Waals surface area (Å²) in [6.45, 7) is 0.240. The maximum Gasteiger partial charge on any atom is 0.193 e. The zero-order valence-electron chi connectivity index (χ0n) is 11.1. The first-order valence-electron chi connectivity index (χ1n) is 6.11. The number of ether oxygens (including phenoxy) is 2. The standard InChI is InChI=1S/C17H14O3/c1-19-13-20-17-10-8-16(9-11-17)15-6-4-14(5-7-15)3-2-12-18/h4-12H,13H2,1H3. The lowest BCUT2D eigenvalue weighted by Gasteiger charge is -2.06. The van der Waals surface area contributed by atoms with Crippen molar-refractivity contribution >= 4 is 6.29 Å². The zero-order valence-corrected chi connectivity index (χ0v) is 11.1. The summed E-state index contributed by atoms with van der Waals surface area (Å²) in [7, 11) is 1.59. The predicted octanol–water partition coefficient (Wildman–Crippen LogP) is 2.89. The zero-order chi connectivity index (χ0) is 14.2. The molecule has 3 nitrogen and oxygen atoms in total. The molecule has 0 aliphatic rings. The van der Waals surface area contributed by atoms with Crippen LogP contribution in [0.5, 0.6) is 5.75 Å². The van der Waals surface area contributed by atoms with Crippen LogP contribution in [0.1, 0.15) is 5.56 Å². The van der Waals surface area contributed by atoms with Gasteiger partial charge in [-0.2, -0.15) is 0 Å². The summed E-state index contributed by atoms with van der Waals surface area (Å²) in [6.07, 6.45) is 0.590. The molecule has 0 bridgehead atoms. The molecule has 2 aromatic rings. The second-order valence-corrected chi connectivity index (χ2v) is 4.04. The first-order chi connectivity index (χ1) is 9.83. The van der Waals surface area contributed by atoms with Crippen LogP contribution in [0.2, 0.25) is 0 Å². The Bertz CT molecular complexity index is 616. The molecule has 0 aliphatic carbocycles. The van der Waals surface area contributed by atoms with Gasteiger partial charge in [0.05, 0.1) is 0 Å². The third kappa shape index (κ3) is 3.71. The summed E-state index contributed by atoms with van der Waals surface area (Å²) in [4.78, 5) is 10.2. The highest BCUT2D eigenvalue weighted by molar-refractivity contribution is 5.74. The van der Waals surface area contributed by atoms with Gasteiger partial charge in [-0.3, -0.25) is 4.79 Å². The first kappa shape index (κ1) is 13.9. The van der Waals surface area contributed by atoms with Crippen LogP contribution >= 0.6 is 0 Å². The van der Waals surface area contributed by atoms with E-state index in [1.54, 1.807) is 7.11 Å². The van der Waals surface area contributed by atoms with Crippen LogP contribution in [-0.2, 0) is 9.53 Å². The van der Waals surface area contributed by atoms with Crippen LogP contribution in [0.15, 0.2) is 48.5 Å². The molecule has 0 aliphatic heterocycles. The van der Waals surface area contributed by atoms with Gasteiger partial charge in [0, 0.05) is 12.7 Å². The van der Waals surface area contributed by atoms with Gasteiger partial charge in [0.2, 0.25) is 0 Å². The van der Waals surface area contributed by atoms with Crippen LogP contribution in [0.25, 0.3) is 11.1 Å². The van der Waals surface area contributed by atoms with Crippen molar-refractivity contribution in [1.29, 1.82) is 0 Å². The molecule has 20 heavy (non-hydrogen) atoms. The summed E-state index contributed by atoms with van der Waals surface area (Å²) in [5, 5.41) is 0. The van der Waals surface area contributed by atoms with Crippen molar-refractivity contribution in [3.63, 3.8) is 0 Å². The number of methoxy groups -OCH3 is 1. The second-order valence-electron chi connectivity index (χ2n) is 4.04. The molecule has 2 rings (SSSR count). The minimum atomic E-state index is 0.240. The lowest BCUT2D eigenvalue weighted by atomic mass is 10.0. The number of rotatable bonds is 4. The van der Waals surface area contributed by atoms with Crippen molar-refractivity contribution in [2.75, 3.05) is 13.9 Å². The number of aldehydes is 1. The molecule has 3 heteroatoms. The fraction of sp³-hybridized carbons (Fsp3) is 0.118. The molecule has 0 saturated carbocycles. The molecule has 0 spiro atoms. The lowest BCUT2D eigenvalue weighted by molar-refractivity contribution is -0.103. The Morgan fingerprint density at radius 1 is 1.00 bits per heavy atom. The molecule has 0 amide bonds. The molecule has 0 aromatic heterocycles. The second kappa shape index (κ2) is 7.13. The first-order valence-corrected chi connectivity index (χ1v) is 6.11. The van der Waals surface area contributed by atoms with Crippen LogP contribution < -0.4 is 4.74 Å². The minimum absolute atomic E-state index is 0.240. The number of carbonyl (C=O) groups is 1. The maximum absolute atomic E-state index is 10.2. The van der Waals surface area contributed by atoms with E-state index in [9.17, 15) is 4.79 Å². The summed E-state index contributed by atoms with van der Waals surface area (Å²) < 4.78 is 10.2. The van der Waals surface area contributed by atoms with E-state index < -0.39 is 0 Å². The maximum atomic E-state index is 10.2. The Labute approximate surface area is 118 Å². The van der Waals surface area contributed by atoms with Gasteiger partial charge in [-0.05, 0) is 41.3 Å². The van der Waals surface area contributed by atoms with Gasteiger partial charge in [0.15, 0.2) is 13.1 Å². The van der Waals surface area contributed by atoms with Crippen molar-refractivity contribution in [3.8, 4) is 28.7 Å². The van der Waals surface area contributed by atoms with Crippen LogP contribution in [0, 0.1) is 11.8 Å². The van der Waals surface area contributed by atoms with E-state index in [1.165, 1.54) is 0 Å². The normalized spacial score (nSPS) is 9.45. The quantitative estimate of drug-likeness (QED) is 0.485. The molecule has 2 aromatic carbocycles. The molecule has 0 atom stereocenters. The van der Waals surface area contributed by atoms with Gasteiger partial charge < -0.3 is 9.47 Å². The fourth-order valence-electron chi connectivity index (χ4n) is 1.73. The fourth-order valence-corrected chi connectivity index (χ4v) is 1.73. The smallest absolute Gasteiger partial charge is 0.193 e. The van der Waals surface area contributed by atoms with Crippen molar-refractivity contribution < 1.29 is 14.3 Å². The van der Waals surface area contributed by atoms with Crippen molar-refractivity contribution in [3.05, 3.63) is 54.1 Å². The number of benzene rings is 2. The highest BCUT2D eigenvalue weighted by Gasteiger charge is 1.99. The Kier molecular flexibility index (Phi) is 4.94. The summed E-state index contributed by atoms with van der Waals surface area (Å²) in [5.41, 5.74) is 2.99. The largest absolute Gasteiger partial charge is 0.468 e. The number of hydrogen-bond acceptors (Lipinski definition) is 3. The number of carbonyl (C=O) groups excluding carboxylic acids is 1. The SMILES string of the molecule is COCOc1ccc(-c2ccc(C#CC=O)cc2)cc1. The lowest BCUT2D eigenvalue weighted by Crippen LogP contribution is -1.98. The van der Waals surface area contributed by atoms with Gasteiger partial charge in [0.1, 0.15) is 5.75 Å². The molecule has 0 heterocycles.